The molecule has 1 aliphatic heterocycles. The van der Waals surface area contributed by atoms with Crippen LogP contribution in [-0.4, -0.2) is 25.6 Å². The number of carbonyl (C=O) groups is 1. The Labute approximate surface area is 102 Å². The lowest BCUT2D eigenvalue weighted by atomic mass is 9.96. The molecule has 0 bridgehead atoms. The van der Waals surface area contributed by atoms with Crippen molar-refractivity contribution in [1.82, 2.24) is 0 Å². The molecule has 0 amide bonds. The van der Waals surface area contributed by atoms with Crippen molar-refractivity contribution in [3.8, 4) is 5.75 Å². The highest BCUT2D eigenvalue weighted by Crippen LogP contribution is 2.22. The van der Waals surface area contributed by atoms with Gasteiger partial charge >= 0.3 is 0 Å². The zero-order valence-corrected chi connectivity index (χ0v) is 10.3. The maximum absolute atomic E-state index is 12.0. The summed E-state index contributed by atoms with van der Waals surface area (Å²) < 4.78 is 10.5. The molecule has 0 saturated carbocycles. The van der Waals surface area contributed by atoms with Crippen LogP contribution in [0.15, 0.2) is 24.3 Å². The molecule has 1 heterocycles. The molecule has 1 aromatic carbocycles. The fourth-order valence-electron chi connectivity index (χ4n) is 2.13. The molecule has 2 atom stereocenters. The van der Waals surface area contributed by atoms with Crippen LogP contribution in [-0.2, 0) is 16.0 Å². The van der Waals surface area contributed by atoms with Crippen LogP contribution in [0.2, 0.25) is 0 Å². The topological polar surface area (TPSA) is 35.5 Å². The van der Waals surface area contributed by atoms with E-state index in [1.54, 1.807) is 7.11 Å². The number of Topliss-reactive ketones (excluding diaryl/α,β-unsaturated/α-hetero) is 1. The zero-order chi connectivity index (χ0) is 12.3. The third-order valence-electron chi connectivity index (χ3n) is 3.19. The summed E-state index contributed by atoms with van der Waals surface area (Å²) in [7, 11) is 1.64. The molecule has 0 radical (unpaired) electrons. The van der Waals surface area contributed by atoms with Gasteiger partial charge in [0.15, 0.2) is 0 Å². The van der Waals surface area contributed by atoms with Gasteiger partial charge in [0.25, 0.3) is 0 Å². The number of carbonyl (C=O) groups excluding carboxylic acids is 1. The highest BCUT2D eigenvalue weighted by molar-refractivity contribution is 5.83. The molecule has 0 aliphatic carbocycles. The average Bonchev–Trinajstić information content (AvgIpc) is 2.77. The van der Waals surface area contributed by atoms with E-state index >= 15 is 0 Å². The maximum Gasteiger partial charge on any atom is 0.142 e. The van der Waals surface area contributed by atoms with Crippen LogP contribution in [0.5, 0.6) is 5.75 Å². The summed E-state index contributed by atoms with van der Waals surface area (Å²) >= 11 is 0. The Kier molecular flexibility index (Phi) is 3.79. The zero-order valence-electron chi connectivity index (χ0n) is 10.3. The van der Waals surface area contributed by atoms with Gasteiger partial charge in [-0.2, -0.15) is 0 Å². The van der Waals surface area contributed by atoms with Gasteiger partial charge in [-0.25, -0.2) is 0 Å². The van der Waals surface area contributed by atoms with Crippen molar-refractivity contribution in [2.45, 2.75) is 25.9 Å². The van der Waals surface area contributed by atoms with Gasteiger partial charge < -0.3 is 9.47 Å². The van der Waals surface area contributed by atoms with Crippen LogP contribution in [0.3, 0.4) is 0 Å². The van der Waals surface area contributed by atoms with Crippen molar-refractivity contribution in [2.75, 3.05) is 13.7 Å². The van der Waals surface area contributed by atoms with Gasteiger partial charge in [-0.3, -0.25) is 4.79 Å². The number of benzene rings is 1. The highest BCUT2D eigenvalue weighted by atomic mass is 16.5. The normalized spacial score (nSPS) is 23.6. The Bertz CT molecular complexity index is 383. The number of hydrogen-bond donors (Lipinski definition) is 0. The molecule has 1 saturated heterocycles. The quantitative estimate of drug-likeness (QED) is 0.801. The van der Waals surface area contributed by atoms with Crippen LogP contribution < -0.4 is 4.74 Å². The highest BCUT2D eigenvalue weighted by Gasteiger charge is 2.27. The number of methoxy groups -OCH3 is 1. The Morgan fingerprint density at radius 3 is 2.65 bits per heavy atom. The lowest BCUT2D eigenvalue weighted by Crippen LogP contribution is -2.16. The van der Waals surface area contributed by atoms with E-state index in [0.717, 1.165) is 17.7 Å². The predicted octanol–water partition coefficient (Wildman–Crippen LogP) is 2.23. The van der Waals surface area contributed by atoms with Crippen LogP contribution >= 0.6 is 0 Å². The van der Waals surface area contributed by atoms with Gasteiger partial charge in [0.2, 0.25) is 0 Å². The molecule has 3 nitrogen and oxygen atoms in total. The van der Waals surface area contributed by atoms with Gasteiger partial charge in [0, 0.05) is 12.3 Å². The van der Waals surface area contributed by atoms with E-state index in [1.165, 1.54) is 0 Å². The van der Waals surface area contributed by atoms with Gasteiger partial charge in [-0.05, 0) is 31.0 Å². The van der Waals surface area contributed by atoms with Crippen LogP contribution in [0.1, 0.15) is 18.9 Å². The van der Waals surface area contributed by atoms with Crippen molar-refractivity contribution in [2.24, 2.45) is 5.92 Å². The summed E-state index contributed by atoms with van der Waals surface area (Å²) in [6.45, 7) is 2.59. The Morgan fingerprint density at radius 1 is 1.41 bits per heavy atom. The monoisotopic (exact) mass is 234 g/mol. The minimum absolute atomic E-state index is 0.0760. The molecular formula is C14H18O3. The van der Waals surface area contributed by atoms with Crippen molar-refractivity contribution in [3.05, 3.63) is 29.8 Å². The van der Waals surface area contributed by atoms with E-state index in [-0.39, 0.29) is 17.8 Å². The average molecular weight is 234 g/mol. The lowest BCUT2D eigenvalue weighted by molar-refractivity contribution is -0.122. The smallest absolute Gasteiger partial charge is 0.142 e. The first-order valence-electron chi connectivity index (χ1n) is 5.96. The van der Waals surface area contributed by atoms with E-state index in [4.69, 9.17) is 9.47 Å². The number of hydrogen-bond acceptors (Lipinski definition) is 3. The first-order valence-corrected chi connectivity index (χ1v) is 5.96. The second-order valence-electron chi connectivity index (χ2n) is 4.57. The summed E-state index contributed by atoms with van der Waals surface area (Å²) in [6, 6.07) is 7.65. The molecule has 2 rings (SSSR count). The Hall–Kier alpha value is -1.35. The Balaban J connectivity index is 1.93. The molecule has 3 heteroatoms. The van der Waals surface area contributed by atoms with E-state index in [9.17, 15) is 4.79 Å². The third-order valence-corrected chi connectivity index (χ3v) is 3.19. The molecule has 0 spiro atoms. The van der Waals surface area contributed by atoms with E-state index in [2.05, 4.69) is 0 Å². The van der Waals surface area contributed by atoms with E-state index in [1.807, 2.05) is 31.2 Å². The third kappa shape index (κ3) is 3.07. The molecule has 92 valence electrons. The second kappa shape index (κ2) is 5.32. The molecule has 2 unspecified atom stereocenters. The molecule has 1 aliphatic rings. The summed E-state index contributed by atoms with van der Waals surface area (Å²) in [4.78, 5) is 12.0. The van der Waals surface area contributed by atoms with E-state index in [0.29, 0.717) is 13.0 Å². The fourth-order valence-corrected chi connectivity index (χ4v) is 2.13. The first-order chi connectivity index (χ1) is 8.19. The largest absolute Gasteiger partial charge is 0.497 e. The number of rotatable bonds is 4. The first kappa shape index (κ1) is 12.1. The van der Waals surface area contributed by atoms with Crippen LogP contribution in [0.4, 0.5) is 0 Å². The summed E-state index contributed by atoms with van der Waals surface area (Å²) in [5.74, 6) is 1.17. The maximum atomic E-state index is 12.0. The lowest BCUT2D eigenvalue weighted by Gasteiger charge is -2.07. The van der Waals surface area contributed by atoms with Crippen LogP contribution in [0, 0.1) is 5.92 Å². The van der Waals surface area contributed by atoms with Crippen LogP contribution in [0.25, 0.3) is 0 Å². The Morgan fingerprint density at radius 2 is 2.12 bits per heavy atom. The van der Waals surface area contributed by atoms with Crippen molar-refractivity contribution >= 4 is 5.78 Å². The fraction of sp³-hybridized carbons (Fsp3) is 0.500. The van der Waals surface area contributed by atoms with Gasteiger partial charge in [-0.15, -0.1) is 0 Å². The molecule has 17 heavy (non-hydrogen) atoms. The predicted molar refractivity (Wildman–Crippen MR) is 65.2 cm³/mol. The van der Waals surface area contributed by atoms with Crippen molar-refractivity contribution in [1.29, 1.82) is 0 Å². The van der Waals surface area contributed by atoms with Gasteiger partial charge in [0.05, 0.1) is 19.8 Å². The van der Waals surface area contributed by atoms with Crippen molar-refractivity contribution in [3.63, 3.8) is 0 Å². The van der Waals surface area contributed by atoms with Gasteiger partial charge in [0.1, 0.15) is 11.5 Å². The van der Waals surface area contributed by atoms with Crippen molar-refractivity contribution < 1.29 is 14.3 Å². The molecule has 0 N–H and O–H groups in total. The number of ketones is 1. The number of ether oxygens (including phenoxy) is 2. The minimum Gasteiger partial charge on any atom is -0.497 e. The summed E-state index contributed by atoms with van der Waals surface area (Å²) in [6.07, 6.45) is 1.57. The van der Waals surface area contributed by atoms with Gasteiger partial charge in [-0.1, -0.05) is 12.1 Å². The molecule has 0 aromatic heterocycles. The second-order valence-corrected chi connectivity index (χ2v) is 4.57. The SMILES string of the molecule is COc1ccc(CC(=O)C2COC(C)C2)cc1. The molecule has 1 fully saturated rings. The standard InChI is InChI=1S/C14H18O3/c1-10-7-12(9-17-10)14(15)8-11-3-5-13(16-2)6-4-11/h3-6,10,12H,7-9H2,1-2H3. The summed E-state index contributed by atoms with van der Waals surface area (Å²) in [5, 5.41) is 0. The molecule has 1 aromatic rings. The molecular weight excluding hydrogens is 216 g/mol. The summed E-state index contributed by atoms with van der Waals surface area (Å²) in [5.41, 5.74) is 1.04. The minimum atomic E-state index is 0.0760. The van der Waals surface area contributed by atoms with E-state index < -0.39 is 0 Å².